The minimum atomic E-state index is -2.13. The van der Waals surface area contributed by atoms with Gasteiger partial charge in [-0.2, -0.15) is 10.2 Å². The quantitative estimate of drug-likeness (QED) is 0.173. The van der Waals surface area contributed by atoms with Crippen molar-refractivity contribution < 1.29 is 12.4 Å². The zero-order valence-electron chi connectivity index (χ0n) is 24.0. The van der Waals surface area contributed by atoms with Gasteiger partial charge in [-0.15, -0.1) is 0 Å². The van der Waals surface area contributed by atoms with Crippen molar-refractivity contribution in [2.45, 2.75) is 0 Å². The minimum absolute atomic E-state index is 0. The lowest BCUT2D eigenvalue weighted by molar-refractivity contribution is -0.00000813. The highest BCUT2D eigenvalue weighted by Gasteiger charge is 2.47. The lowest BCUT2D eigenvalue weighted by Gasteiger charge is -2.30. The first-order valence-electron chi connectivity index (χ1n) is 14.5. The molecule has 0 radical (unpaired) electrons. The fraction of sp³-hybridized carbons (Fsp3) is 0.0526. The van der Waals surface area contributed by atoms with Crippen LogP contribution in [0.15, 0.2) is 182 Å². The summed E-state index contributed by atoms with van der Waals surface area (Å²) in [7, 11) is -4.26. The monoisotopic (exact) mass is 617 g/mol. The summed E-state index contributed by atoms with van der Waals surface area (Å²) in [5.41, 5.74) is 0. The maximum absolute atomic E-state index is 4.18. The molecular formula is C38H36ClN2P2+. The van der Waals surface area contributed by atoms with Gasteiger partial charge in [0.2, 0.25) is 0 Å². The van der Waals surface area contributed by atoms with Crippen molar-refractivity contribution in [3.05, 3.63) is 182 Å². The summed E-state index contributed by atoms with van der Waals surface area (Å²) in [6.07, 6.45) is 0. The predicted molar refractivity (Wildman–Crippen MR) is 186 cm³/mol. The van der Waals surface area contributed by atoms with Gasteiger partial charge in [0.1, 0.15) is 31.8 Å². The average Bonchev–Trinajstić information content (AvgIpc) is 3.09. The molecule has 0 bridgehead atoms. The summed E-state index contributed by atoms with van der Waals surface area (Å²) >= 11 is 0. The smallest absolute Gasteiger partial charge is 0.178 e. The molecule has 0 aliphatic rings. The number of rotatable bonds is 11. The number of hydrogen-bond acceptors (Lipinski definition) is 2. The molecule has 6 rings (SSSR count). The number of halogens is 1. The lowest BCUT2D eigenvalue weighted by Crippen LogP contribution is -3.00. The van der Waals surface area contributed by atoms with E-state index >= 15 is 0 Å². The largest absolute Gasteiger partial charge is 1.00 e. The Morgan fingerprint density at radius 1 is 0.279 bits per heavy atom. The van der Waals surface area contributed by atoms with Gasteiger partial charge >= 0.3 is 0 Å². The molecule has 0 unspecified atom stereocenters. The molecule has 0 aliphatic heterocycles. The van der Waals surface area contributed by atoms with Crippen LogP contribution in [-0.2, 0) is 0 Å². The van der Waals surface area contributed by atoms with Gasteiger partial charge in [0.25, 0.3) is 0 Å². The second kappa shape index (κ2) is 14.7. The van der Waals surface area contributed by atoms with E-state index in [1.807, 2.05) is 0 Å². The van der Waals surface area contributed by atoms with Crippen LogP contribution < -0.4 is 54.4 Å². The van der Waals surface area contributed by atoms with E-state index in [4.69, 9.17) is 0 Å². The molecule has 0 atom stereocenters. The Morgan fingerprint density at radius 3 is 0.605 bits per heavy atom. The molecule has 0 aliphatic carbocycles. The van der Waals surface area contributed by atoms with Crippen molar-refractivity contribution in [1.29, 1.82) is 0 Å². The minimum Gasteiger partial charge on any atom is -1.00 e. The van der Waals surface area contributed by atoms with E-state index in [9.17, 15) is 0 Å². The molecule has 0 amide bonds. The fourth-order valence-corrected chi connectivity index (χ4v) is 13.3. The summed E-state index contributed by atoms with van der Waals surface area (Å²) in [6, 6.07) is 65.9. The number of nitrogens with one attached hydrogen (secondary N) is 2. The van der Waals surface area contributed by atoms with Crippen LogP contribution in [0.4, 0.5) is 0 Å². The Kier molecular flexibility index (Phi) is 10.6. The highest BCUT2D eigenvalue weighted by molar-refractivity contribution is 7.94. The third-order valence-corrected chi connectivity index (χ3v) is 15.5. The standard InChI is InChI=1S/C38H36N2P2.ClH/c1-7-19-33(20-8-1)41(34-21-9-2-10-22-34,35-23-11-3-12-24-35)39-31-32-40-42(36-25-13-4-14-26-36,37-27-15-5-16-28-37)38-29-17-6-18-30-38;/h1-30,39-40H,31-32H2;1H/q+2;/p-1. The molecule has 2 N–H and O–H groups in total. The van der Waals surface area contributed by atoms with Crippen LogP contribution in [0.2, 0.25) is 0 Å². The van der Waals surface area contributed by atoms with Crippen LogP contribution in [0.3, 0.4) is 0 Å². The van der Waals surface area contributed by atoms with Crippen molar-refractivity contribution in [3.63, 3.8) is 0 Å². The molecule has 0 aromatic heterocycles. The second-order valence-corrected chi connectivity index (χ2v) is 16.6. The first-order valence-corrected chi connectivity index (χ1v) is 18.0. The average molecular weight is 618 g/mol. The first kappa shape index (κ1) is 30.8. The summed E-state index contributed by atoms with van der Waals surface area (Å²) in [5.74, 6) is 0. The van der Waals surface area contributed by atoms with Gasteiger partial charge in [-0.05, 0) is 72.8 Å². The molecule has 6 aromatic carbocycles. The van der Waals surface area contributed by atoms with Crippen molar-refractivity contribution >= 4 is 46.7 Å². The van der Waals surface area contributed by atoms with Crippen molar-refractivity contribution in [2.24, 2.45) is 0 Å². The molecule has 0 fully saturated rings. The van der Waals surface area contributed by atoms with E-state index in [0.717, 1.165) is 13.1 Å². The van der Waals surface area contributed by atoms with Crippen molar-refractivity contribution in [1.82, 2.24) is 10.2 Å². The van der Waals surface area contributed by atoms with Crippen LogP contribution in [0.1, 0.15) is 0 Å². The maximum atomic E-state index is 4.18. The van der Waals surface area contributed by atoms with E-state index < -0.39 is 14.8 Å². The van der Waals surface area contributed by atoms with Gasteiger partial charge in [0.05, 0.1) is 0 Å². The van der Waals surface area contributed by atoms with Crippen LogP contribution in [-0.4, -0.2) is 13.1 Å². The van der Waals surface area contributed by atoms with E-state index in [-0.39, 0.29) is 12.4 Å². The molecular weight excluding hydrogens is 582 g/mol. The summed E-state index contributed by atoms with van der Waals surface area (Å²) in [6.45, 7) is 1.61. The van der Waals surface area contributed by atoms with Gasteiger partial charge in [-0.3, -0.25) is 0 Å². The SMILES string of the molecule is [Cl-].c1ccc([P+](NCCN[P+](c2ccccc2)(c2ccccc2)c2ccccc2)(c2ccccc2)c2ccccc2)cc1. The molecule has 43 heavy (non-hydrogen) atoms. The number of benzene rings is 6. The van der Waals surface area contributed by atoms with Gasteiger partial charge < -0.3 is 12.4 Å². The molecule has 0 spiro atoms. The second-order valence-electron chi connectivity index (χ2n) is 10.2. The summed E-state index contributed by atoms with van der Waals surface area (Å²) in [5, 5.41) is 16.3. The van der Waals surface area contributed by atoms with Crippen LogP contribution in [0.5, 0.6) is 0 Å². The fourth-order valence-electron chi connectivity index (χ4n) is 5.80. The van der Waals surface area contributed by atoms with Crippen LogP contribution >= 0.6 is 14.8 Å². The van der Waals surface area contributed by atoms with E-state index in [1.54, 1.807) is 0 Å². The highest BCUT2D eigenvalue weighted by atomic mass is 35.5. The topological polar surface area (TPSA) is 24.1 Å². The third-order valence-electron chi connectivity index (χ3n) is 7.68. The molecule has 0 heterocycles. The van der Waals surface area contributed by atoms with E-state index in [2.05, 4.69) is 192 Å². The molecule has 6 aromatic rings. The highest BCUT2D eigenvalue weighted by Crippen LogP contribution is 2.52. The Bertz CT molecular complexity index is 1330. The summed E-state index contributed by atoms with van der Waals surface area (Å²) < 4.78 is 0. The van der Waals surface area contributed by atoms with Crippen LogP contribution in [0, 0.1) is 0 Å². The molecule has 2 nitrogen and oxygen atoms in total. The van der Waals surface area contributed by atoms with Crippen LogP contribution in [0.25, 0.3) is 0 Å². The first-order chi connectivity index (χ1) is 20.8. The third kappa shape index (κ3) is 6.36. The summed E-state index contributed by atoms with van der Waals surface area (Å²) in [4.78, 5) is 0. The predicted octanol–water partition coefficient (Wildman–Crippen LogP) is 2.99. The number of hydrogen-bond donors (Lipinski definition) is 2. The molecule has 214 valence electrons. The van der Waals surface area contributed by atoms with Crippen molar-refractivity contribution in [3.8, 4) is 0 Å². The molecule has 0 saturated heterocycles. The van der Waals surface area contributed by atoms with Gasteiger partial charge in [0.15, 0.2) is 14.8 Å². The van der Waals surface area contributed by atoms with E-state index in [0.29, 0.717) is 0 Å². The normalized spacial score (nSPS) is 11.4. The molecule has 5 heteroatoms. The maximum Gasteiger partial charge on any atom is 0.178 e. The van der Waals surface area contributed by atoms with E-state index in [1.165, 1.54) is 31.8 Å². The molecule has 0 saturated carbocycles. The lowest BCUT2D eigenvalue weighted by atomic mass is 10.4. The van der Waals surface area contributed by atoms with Gasteiger partial charge in [0, 0.05) is 13.1 Å². The Balaban J connectivity index is 0.00000368. The van der Waals surface area contributed by atoms with Gasteiger partial charge in [-0.1, -0.05) is 109 Å². The van der Waals surface area contributed by atoms with Gasteiger partial charge in [-0.25, -0.2) is 0 Å². The Labute approximate surface area is 263 Å². The Morgan fingerprint density at radius 2 is 0.442 bits per heavy atom. The Hall–Kier alpha value is -3.61. The zero-order chi connectivity index (χ0) is 28.5. The van der Waals surface area contributed by atoms with Crippen molar-refractivity contribution in [2.75, 3.05) is 13.1 Å². The zero-order valence-corrected chi connectivity index (χ0v) is 26.6.